The number of benzene rings is 2. The second kappa shape index (κ2) is 7.11. The molecule has 28 heavy (non-hydrogen) atoms. The largest absolute Gasteiger partial charge is 0.489 e. The summed E-state index contributed by atoms with van der Waals surface area (Å²) in [4.78, 5) is 12.1. The number of aryl methyl sites for hydroxylation is 1. The van der Waals surface area contributed by atoms with Crippen LogP contribution in [0.2, 0.25) is 5.02 Å². The first kappa shape index (κ1) is 19.3. The summed E-state index contributed by atoms with van der Waals surface area (Å²) >= 11 is 5.95. The van der Waals surface area contributed by atoms with Gasteiger partial charge in [0.2, 0.25) is 0 Å². The van der Waals surface area contributed by atoms with Crippen molar-refractivity contribution in [1.82, 2.24) is 0 Å². The molecule has 0 saturated heterocycles. The molecule has 0 aliphatic heterocycles. The van der Waals surface area contributed by atoms with Crippen LogP contribution < -0.4 is 4.74 Å². The first-order valence-corrected chi connectivity index (χ1v) is 10.4. The lowest BCUT2D eigenvalue weighted by Crippen LogP contribution is -2.52. The topological polar surface area (TPSA) is 46.5 Å². The van der Waals surface area contributed by atoms with Crippen LogP contribution in [-0.2, 0) is 23.2 Å². The first-order chi connectivity index (χ1) is 13.3. The number of fused-ring (bicyclic) bond motifs is 3. The highest BCUT2D eigenvalue weighted by molar-refractivity contribution is 6.30. The smallest absolute Gasteiger partial charge is 0.309 e. The van der Waals surface area contributed by atoms with Crippen LogP contribution in [0.4, 0.5) is 0 Å². The summed E-state index contributed by atoms with van der Waals surface area (Å²) in [5, 5.41) is 10.7. The Balaban J connectivity index is 1.62. The highest BCUT2D eigenvalue weighted by Crippen LogP contribution is 2.57. The van der Waals surface area contributed by atoms with Crippen LogP contribution in [0.15, 0.2) is 42.5 Å². The second-order valence-electron chi connectivity index (χ2n) is 8.82. The number of halogens is 1. The first-order valence-electron chi connectivity index (χ1n) is 10.1. The van der Waals surface area contributed by atoms with Crippen molar-refractivity contribution < 1.29 is 14.6 Å². The predicted molar refractivity (Wildman–Crippen MR) is 111 cm³/mol. The van der Waals surface area contributed by atoms with Crippen molar-refractivity contribution in [2.45, 2.75) is 58.0 Å². The van der Waals surface area contributed by atoms with Crippen LogP contribution in [-0.4, -0.2) is 11.1 Å². The standard InChI is InChI=1S/C24H27ClO3/c1-23-12-3-13-24(2,22(26)27)21(23)11-7-17-6-10-19(14-20(17)23)28-15-16-4-8-18(25)9-5-16/h4-6,8-10,14,21H,3,7,11-13,15H2,1-2H3,(H,26,27)/t21-,23-,24+/m1/s1. The van der Waals surface area contributed by atoms with E-state index in [1.165, 1.54) is 11.1 Å². The van der Waals surface area contributed by atoms with Gasteiger partial charge in [-0.25, -0.2) is 0 Å². The molecular formula is C24H27ClO3. The summed E-state index contributed by atoms with van der Waals surface area (Å²) in [6.07, 6.45) is 4.64. The van der Waals surface area contributed by atoms with Crippen LogP contribution in [0.1, 0.15) is 56.2 Å². The zero-order chi connectivity index (χ0) is 19.9. The number of carboxylic acids is 1. The molecule has 4 heteroatoms. The third kappa shape index (κ3) is 3.20. The summed E-state index contributed by atoms with van der Waals surface area (Å²) in [6, 6.07) is 14.0. The molecule has 0 spiro atoms. The molecule has 1 saturated carbocycles. The van der Waals surface area contributed by atoms with E-state index in [1.807, 2.05) is 37.3 Å². The summed E-state index contributed by atoms with van der Waals surface area (Å²) < 4.78 is 6.06. The molecule has 1 fully saturated rings. The lowest BCUT2D eigenvalue weighted by atomic mass is 9.50. The average molecular weight is 399 g/mol. The van der Waals surface area contributed by atoms with Crippen molar-refractivity contribution in [3.05, 3.63) is 64.2 Å². The Bertz CT molecular complexity index is 891. The fourth-order valence-corrected chi connectivity index (χ4v) is 5.66. The molecule has 0 radical (unpaired) electrons. The van der Waals surface area contributed by atoms with Crippen molar-refractivity contribution >= 4 is 17.6 Å². The van der Waals surface area contributed by atoms with E-state index in [2.05, 4.69) is 19.1 Å². The Hall–Kier alpha value is -2.00. The molecule has 2 aromatic rings. The van der Waals surface area contributed by atoms with E-state index in [9.17, 15) is 9.90 Å². The van der Waals surface area contributed by atoms with Gasteiger partial charge in [0.05, 0.1) is 5.41 Å². The Morgan fingerprint density at radius 3 is 2.64 bits per heavy atom. The molecule has 4 rings (SSSR count). The summed E-state index contributed by atoms with van der Waals surface area (Å²) in [5.41, 5.74) is 2.93. The maximum absolute atomic E-state index is 12.1. The monoisotopic (exact) mass is 398 g/mol. The number of carbonyl (C=O) groups is 1. The minimum atomic E-state index is -0.651. The van der Waals surface area contributed by atoms with Crippen molar-refractivity contribution in [3.8, 4) is 5.75 Å². The maximum atomic E-state index is 12.1. The lowest BCUT2D eigenvalue weighted by molar-refractivity contribution is -0.157. The number of rotatable bonds is 4. The highest BCUT2D eigenvalue weighted by atomic mass is 35.5. The molecule has 2 aliphatic carbocycles. The second-order valence-corrected chi connectivity index (χ2v) is 9.26. The molecule has 2 aliphatic rings. The minimum absolute atomic E-state index is 0.112. The third-order valence-corrected chi connectivity index (χ3v) is 7.39. The van der Waals surface area contributed by atoms with Gasteiger partial charge in [0.15, 0.2) is 0 Å². The van der Waals surface area contributed by atoms with Gasteiger partial charge < -0.3 is 9.84 Å². The predicted octanol–water partition coefficient (Wildman–Crippen LogP) is 6.01. The van der Waals surface area contributed by atoms with Crippen LogP contribution in [0.3, 0.4) is 0 Å². The van der Waals surface area contributed by atoms with Gasteiger partial charge in [-0.05, 0) is 84.9 Å². The molecule has 0 heterocycles. The van der Waals surface area contributed by atoms with Crippen LogP contribution in [0, 0.1) is 11.3 Å². The van der Waals surface area contributed by atoms with E-state index in [1.54, 1.807) is 0 Å². The number of hydrogen-bond acceptors (Lipinski definition) is 2. The Morgan fingerprint density at radius 1 is 1.18 bits per heavy atom. The highest BCUT2D eigenvalue weighted by Gasteiger charge is 2.55. The van der Waals surface area contributed by atoms with Crippen molar-refractivity contribution in [3.63, 3.8) is 0 Å². The molecule has 0 amide bonds. The quantitative estimate of drug-likeness (QED) is 0.685. The SMILES string of the molecule is C[C@]1(C(=O)O)CCC[C@]2(C)c3cc(OCc4ccc(Cl)cc4)ccc3CC[C@@H]12. The number of hydrogen-bond donors (Lipinski definition) is 1. The van der Waals surface area contributed by atoms with E-state index in [4.69, 9.17) is 16.3 Å². The molecule has 3 nitrogen and oxygen atoms in total. The normalized spacial score (nSPS) is 28.9. The summed E-state index contributed by atoms with van der Waals surface area (Å²) in [7, 11) is 0. The lowest BCUT2D eigenvalue weighted by Gasteiger charge is -2.53. The maximum Gasteiger partial charge on any atom is 0.309 e. The van der Waals surface area contributed by atoms with Gasteiger partial charge in [0, 0.05) is 5.02 Å². The van der Waals surface area contributed by atoms with Gasteiger partial charge in [-0.15, -0.1) is 0 Å². The van der Waals surface area contributed by atoms with Crippen molar-refractivity contribution in [2.75, 3.05) is 0 Å². The summed E-state index contributed by atoms with van der Waals surface area (Å²) in [5.74, 6) is 0.352. The van der Waals surface area contributed by atoms with E-state index in [0.29, 0.717) is 6.61 Å². The van der Waals surface area contributed by atoms with E-state index in [-0.39, 0.29) is 11.3 Å². The molecule has 1 N–H and O–H groups in total. The Labute approximate surface area is 171 Å². The molecule has 0 aromatic heterocycles. The van der Waals surface area contributed by atoms with Crippen LogP contribution in [0.25, 0.3) is 0 Å². The van der Waals surface area contributed by atoms with Crippen LogP contribution >= 0.6 is 11.6 Å². The molecular weight excluding hydrogens is 372 g/mol. The van der Waals surface area contributed by atoms with Gasteiger partial charge in [-0.1, -0.05) is 43.1 Å². The number of carboxylic acid groups (broad SMARTS) is 1. The molecule has 148 valence electrons. The van der Waals surface area contributed by atoms with Gasteiger partial charge in [0.1, 0.15) is 12.4 Å². The fraction of sp³-hybridized carbons (Fsp3) is 0.458. The zero-order valence-corrected chi connectivity index (χ0v) is 17.3. The number of aliphatic carboxylic acids is 1. The Kier molecular flexibility index (Phi) is 4.91. The van der Waals surface area contributed by atoms with Crippen LogP contribution in [0.5, 0.6) is 5.75 Å². The van der Waals surface area contributed by atoms with Gasteiger partial charge in [-0.3, -0.25) is 4.79 Å². The van der Waals surface area contributed by atoms with Crippen molar-refractivity contribution in [1.29, 1.82) is 0 Å². The van der Waals surface area contributed by atoms with E-state index >= 15 is 0 Å². The molecule has 2 aromatic carbocycles. The minimum Gasteiger partial charge on any atom is -0.489 e. The molecule has 0 unspecified atom stereocenters. The summed E-state index contributed by atoms with van der Waals surface area (Å²) in [6.45, 7) is 4.70. The third-order valence-electron chi connectivity index (χ3n) is 7.14. The van der Waals surface area contributed by atoms with Crippen molar-refractivity contribution in [2.24, 2.45) is 11.3 Å². The van der Waals surface area contributed by atoms with Gasteiger partial charge in [-0.2, -0.15) is 0 Å². The Morgan fingerprint density at radius 2 is 1.93 bits per heavy atom. The number of ether oxygens (including phenoxy) is 1. The zero-order valence-electron chi connectivity index (χ0n) is 16.5. The van der Waals surface area contributed by atoms with Gasteiger partial charge in [0.25, 0.3) is 0 Å². The van der Waals surface area contributed by atoms with E-state index in [0.717, 1.165) is 48.4 Å². The molecule has 0 bridgehead atoms. The van der Waals surface area contributed by atoms with Gasteiger partial charge >= 0.3 is 5.97 Å². The fourth-order valence-electron chi connectivity index (χ4n) is 5.53. The average Bonchev–Trinajstić information content (AvgIpc) is 2.67. The van der Waals surface area contributed by atoms with E-state index < -0.39 is 11.4 Å². The molecule has 3 atom stereocenters.